The molecule has 1 aromatic rings. The minimum Gasteiger partial charge on any atom is -0.393 e. The number of halogens is 2. The van der Waals surface area contributed by atoms with E-state index >= 15 is 0 Å². The minimum atomic E-state index is -0.296. The van der Waals surface area contributed by atoms with Crippen LogP contribution in [0.5, 0.6) is 0 Å². The lowest BCUT2D eigenvalue weighted by Crippen LogP contribution is -2.01. The summed E-state index contributed by atoms with van der Waals surface area (Å²) in [4.78, 5) is 0. The van der Waals surface area contributed by atoms with Crippen LogP contribution < -0.4 is 0 Å². The minimum absolute atomic E-state index is 0.296. The normalized spacial score (nSPS) is 12.9. The number of rotatable bonds is 3. The van der Waals surface area contributed by atoms with E-state index < -0.39 is 0 Å². The standard InChI is InChI=1S/C10H12Cl2O/c1-7(13)5-6-8-3-2-4-9(11)10(8)12/h2-4,7,13H,5-6H2,1H3/t7-/m0/s1. The number of hydrogen-bond donors (Lipinski definition) is 1. The number of hydrogen-bond acceptors (Lipinski definition) is 1. The maximum Gasteiger partial charge on any atom is 0.0624 e. The molecule has 0 heterocycles. The summed E-state index contributed by atoms with van der Waals surface area (Å²) >= 11 is 11.8. The van der Waals surface area contributed by atoms with E-state index in [2.05, 4.69) is 0 Å². The summed E-state index contributed by atoms with van der Waals surface area (Å²) in [6.07, 6.45) is 1.17. The number of aliphatic hydroxyl groups is 1. The van der Waals surface area contributed by atoms with Crippen molar-refractivity contribution in [2.45, 2.75) is 25.9 Å². The second-order valence-corrected chi connectivity index (χ2v) is 3.89. The Bertz CT molecular complexity index is 284. The fraction of sp³-hybridized carbons (Fsp3) is 0.400. The van der Waals surface area contributed by atoms with Gasteiger partial charge in [-0.15, -0.1) is 0 Å². The van der Waals surface area contributed by atoms with Crippen molar-refractivity contribution in [3.63, 3.8) is 0 Å². The van der Waals surface area contributed by atoms with Gasteiger partial charge in [-0.2, -0.15) is 0 Å². The van der Waals surface area contributed by atoms with Gasteiger partial charge in [0.25, 0.3) is 0 Å². The zero-order valence-corrected chi connectivity index (χ0v) is 8.94. The first-order chi connectivity index (χ1) is 6.11. The van der Waals surface area contributed by atoms with Gasteiger partial charge in [0.05, 0.1) is 16.1 Å². The van der Waals surface area contributed by atoms with Crippen molar-refractivity contribution in [3.8, 4) is 0 Å². The van der Waals surface area contributed by atoms with Gasteiger partial charge in [-0.25, -0.2) is 0 Å². The van der Waals surface area contributed by atoms with Gasteiger partial charge in [-0.05, 0) is 31.4 Å². The molecule has 0 aromatic heterocycles. The molecule has 72 valence electrons. The third-order valence-electron chi connectivity index (χ3n) is 1.86. The SMILES string of the molecule is C[C@H](O)CCc1cccc(Cl)c1Cl. The Morgan fingerprint density at radius 2 is 2.08 bits per heavy atom. The van der Waals surface area contributed by atoms with Crippen molar-refractivity contribution in [2.75, 3.05) is 0 Å². The Hall–Kier alpha value is -0.240. The first-order valence-corrected chi connectivity index (χ1v) is 4.98. The highest BCUT2D eigenvalue weighted by molar-refractivity contribution is 6.42. The van der Waals surface area contributed by atoms with Crippen LogP contribution in [0.25, 0.3) is 0 Å². The highest BCUT2D eigenvalue weighted by Crippen LogP contribution is 2.26. The van der Waals surface area contributed by atoms with Gasteiger partial charge in [0.2, 0.25) is 0 Å². The van der Waals surface area contributed by atoms with E-state index in [4.69, 9.17) is 28.3 Å². The Balaban J connectivity index is 2.71. The lowest BCUT2D eigenvalue weighted by atomic mass is 10.1. The lowest BCUT2D eigenvalue weighted by molar-refractivity contribution is 0.185. The van der Waals surface area contributed by atoms with Crippen LogP contribution >= 0.6 is 23.2 Å². The molecule has 0 amide bonds. The van der Waals surface area contributed by atoms with Gasteiger partial charge in [0, 0.05) is 0 Å². The topological polar surface area (TPSA) is 20.2 Å². The maximum absolute atomic E-state index is 9.10. The predicted molar refractivity (Wildman–Crippen MR) is 56.5 cm³/mol. The van der Waals surface area contributed by atoms with Gasteiger partial charge in [-0.1, -0.05) is 35.3 Å². The fourth-order valence-corrected chi connectivity index (χ4v) is 1.52. The van der Waals surface area contributed by atoms with Crippen LogP contribution in [-0.4, -0.2) is 11.2 Å². The molecule has 0 saturated heterocycles. The van der Waals surface area contributed by atoms with E-state index in [0.29, 0.717) is 16.5 Å². The summed E-state index contributed by atoms with van der Waals surface area (Å²) in [5, 5.41) is 10.3. The summed E-state index contributed by atoms with van der Waals surface area (Å²) in [5.74, 6) is 0. The first kappa shape index (κ1) is 10.8. The monoisotopic (exact) mass is 218 g/mol. The van der Waals surface area contributed by atoms with E-state index in [-0.39, 0.29) is 6.10 Å². The second-order valence-electron chi connectivity index (χ2n) is 3.10. The molecular formula is C10H12Cl2O. The van der Waals surface area contributed by atoms with Gasteiger partial charge in [0.1, 0.15) is 0 Å². The zero-order chi connectivity index (χ0) is 9.84. The highest BCUT2D eigenvalue weighted by Gasteiger charge is 2.05. The highest BCUT2D eigenvalue weighted by atomic mass is 35.5. The first-order valence-electron chi connectivity index (χ1n) is 4.22. The molecule has 0 aliphatic carbocycles. The largest absolute Gasteiger partial charge is 0.393 e. The Morgan fingerprint density at radius 3 is 2.69 bits per heavy atom. The smallest absolute Gasteiger partial charge is 0.0624 e. The number of aryl methyl sites for hydroxylation is 1. The van der Waals surface area contributed by atoms with Crippen LogP contribution in [0, 0.1) is 0 Å². The van der Waals surface area contributed by atoms with E-state index in [1.807, 2.05) is 12.1 Å². The zero-order valence-electron chi connectivity index (χ0n) is 7.43. The Kier molecular flexibility index (Phi) is 4.04. The van der Waals surface area contributed by atoms with E-state index in [1.165, 1.54) is 0 Å². The van der Waals surface area contributed by atoms with Crippen LogP contribution in [0.2, 0.25) is 10.0 Å². The fourth-order valence-electron chi connectivity index (χ4n) is 1.11. The quantitative estimate of drug-likeness (QED) is 0.826. The second kappa shape index (κ2) is 4.85. The van der Waals surface area contributed by atoms with Crippen molar-refractivity contribution < 1.29 is 5.11 Å². The number of benzene rings is 1. The van der Waals surface area contributed by atoms with Crippen molar-refractivity contribution in [2.24, 2.45) is 0 Å². The van der Waals surface area contributed by atoms with Crippen molar-refractivity contribution >= 4 is 23.2 Å². The third kappa shape index (κ3) is 3.18. The molecule has 0 fully saturated rings. The van der Waals surface area contributed by atoms with Crippen molar-refractivity contribution in [1.82, 2.24) is 0 Å². The predicted octanol–water partition coefficient (Wildman–Crippen LogP) is 3.31. The molecule has 0 aliphatic heterocycles. The van der Waals surface area contributed by atoms with Crippen LogP contribution in [0.15, 0.2) is 18.2 Å². The molecular weight excluding hydrogens is 207 g/mol. The summed E-state index contributed by atoms with van der Waals surface area (Å²) in [7, 11) is 0. The molecule has 0 saturated carbocycles. The average molecular weight is 219 g/mol. The van der Waals surface area contributed by atoms with Crippen LogP contribution in [-0.2, 0) is 6.42 Å². The summed E-state index contributed by atoms with van der Waals surface area (Å²) in [6.45, 7) is 1.76. The Morgan fingerprint density at radius 1 is 1.38 bits per heavy atom. The molecule has 1 rings (SSSR count). The van der Waals surface area contributed by atoms with Gasteiger partial charge >= 0.3 is 0 Å². The molecule has 1 nitrogen and oxygen atoms in total. The molecule has 0 unspecified atom stereocenters. The van der Waals surface area contributed by atoms with Crippen LogP contribution in [0.3, 0.4) is 0 Å². The van der Waals surface area contributed by atoms with Gasteiger partial charge in [0.15, 0.2) is 0 Å². The molecule has 0 spiro atoms. The summed E-state index contributed by atoms with van der Waals surface area (Å²) < 4.78 is 0. The molecule has 0 radical (unpaired) electrons. The molecule has 0 bridgehead atoms. The average Bonchev–Trinajstić information content (AvgIpc) is 2.07. The van der Waals surface area contributed by atoms with E-state index in [0.717, 1.165) is 12.0 Å². The number of aliphatic hydroxyl groups excluding tert-OH is 1. The molecule has 3 heteroatoms. The van der Waals surface area contributed by atoms with Crippen molar-refractivity contribution in [1.29, 1.82) is 0 Å². The van der Waals surface area contributed by atoms with E-state index in [1.54, 1.807) is 13.0 Å². The lowest BCUT2D eigenvalue weighted by Gasteiger charge is -2.06. The summed E-state index contributed by atoms with van der Waals surface area (Å²) in [5.41, 5.74) is 0.995. The molecule has 1 aromatic carbocycles. The molecule has 1 atom stereocenters. The maximum atomic E-state index is 9.10. The van der Waals surface area contributed by atoms with Gasteiger partial charge < -0.3 is 5.11 Å². The van der Waals surface area contributed by atoms with Gasteiger partial charge in [-0.3, -0.25) is 0 Å². The molecule has 13 heavy (non-hydrogen) atoms. The van der Waals surface area contributed by atoms with Crippen molar-refractivity contribution in [3.05, 3.63) is 33.8 Å². The Labute approximate surface area is 88.3 Å². The van der Waals surface area contributed by atoms with Crippen LogP contribution in [0.4, 0.5) is 0 Å². The van der Waals surface area contributed by atoms with E-state index in [9.17, 15) is 0 Å². The summed E-state index contributed by atoms with van der Waals surface area (Å²) in [6, 6.07) is 5.55. The molecule has 1 N–H and O–H groups in total. The third-order valence-corrected chi connectivity index (χ3v) is 2.72. The molecule has 0 aliphatic rings. The van der Waals surface area contributed by atoms with Crippen LogP contribution in [0.1, 0.15) is 18.9 Å².